The fourth-order valence-corrected chi connectivity index (χ4v) is 20.5. The van der Waals surface area contributed by atoms with Gasteiger partial charge in [-0.1, -0.05) is 459 Å². The van der Waals surface area contributed by atoms with Gasteiger partial charge in [0.25, 0.3) is 0 Å². The van der Waals surface area contributed by atoms with Crippen molar-refractivity contribution in [3.05, 3.63) is 521 Å². The van der Waals surface area contributed by atoms with Crippen molar-refractivity contribution < 1.29 is 0 Å². The van der Waals surface area contributed by atoms with Gasteiger partial charge in [-0.05, 0) is 246 Å². The Morgan fingerprint density at radius 1 is 0.144 bits per heavy atom. The molecule has 0 aliphatic heterocycles. The molecule has 0 fully saturated rings. The van der Waals surface area contributed by atoms with E-state index in [1.165, 1.54) is 159 Å². The molecule has 139 heavy (non-hydrogen) atoms. The molecule has 23 aromatic carbocycles. The van der Waals surface area contributed by atoms with E-state index in [1.54, 1.807) is 0 Å². The van der Waals surface area contributed by atoms with E-state index in [2.05, 4.69) is 524 Å². The monoisotopic (exact) mass is 1780 g/mol. The van der Waals surface area contributed by atoms with E-state index in [1.807, 2.05) is 12.1 Å². The van der Waals surface area contributed by atoms with Gasteiger partial charge in [-0.3, -0.25) is 13.7 Å². The summed E-state index contributed by atoms with van der Waals surface area (Å²) in [6.07, 6.45) is 0. The van der Waals surface area contributed by atoms with Crippen molar-refractivity contribution in [1.82, 2.24) is 28.7 Å². The summed E-state index contributed by atoms with van der Waals surface area (Å²) in [5, 5.41) is 15.0. The Labute approximate surface area is 811 Å². The molecular formula is C133H100N6. The van der Waals surface area contributed by atoms with E-state index in [0.29, 0.717) is 0 Å². The van der Waals surface area contributed by atoms with Crippen molar-refractivity contribution in [3.8, 4) is 140 Å². The Bertz CT molecular complexity index is 8950. The fraction of sp³-hybridized carbons (Fsp3) is 0.0301. The van der Waals surface area contributed by atoms with Gasteiger partial charge in [0.15, 0.2) is 0 Å². The summed E-state index contributed by atoms with van der Waals surface area (Å²) in [5.74, 6) is 2.82. The molecule has 0 spiro atoms. The molecule has 0 saturated heterocycles. The minimum absolute atomic E-state index is 0. The molecule has 0 bridgehead atoms. The number of benzene rings is 23. The lowest BCUT2D eigenvalue weighted by molar-refractivity contribution is 1.10. The molecule has 26 aromatic rings. The summed E-state index contributed by atoms with van der Waals surface area (Å²) < 4.78 is 6.83. The van der Waals surface area contributed by atoms with Crippen LogP contribution in [0.25, 0.3) is 238 Å². The normalized spacial score (nSPS) is 11.2. The Balaban J connectivity index is 0.000000123. The van der Waals surface area contributed by atoms with Crippen molar-refractivity contribution in [2.24, 2.45) is 0 Å². The van der Waals surface area contributed by atoms with Gasteiger partial charge in [-0.2, -0.15) is 0 Å². The number of aryl methyl sites for hydroxylation is 1. The number of imidazole rings is 3. The maximum absolute atomic E-state index is 5.21. The largest absolute Gasteiger partial charge is 0.292 e. The molecule has 0 N–H and O–H groups in total. The lowest BCUT2D eigenvalue weighted by Gasteiger charge is -2.19. The quantitative estimate of drug-likeness (QED) is 0.102. The predicted molar refractivity (Wildman–Crippen MR) is 593 cm³/mol. The van der Waals surface area contributed by atoms with Crippen LogP contribution in [-0.2, 0) is 0 Å². The first-order valence-electron chi connectivity index (χ1n) is 46.5. The molecule has 3 aromatic heterocycles. The van der Waals surface area contributed by atoms with Crippen LogP contribution < -0.4 is 0 Å². The second-order valence-electron chi connectivity index (χ2n) is 34.8. The van der Waals surface area contributed by atoms with E-state index in [-0.39, 0.29) is 22.3 Å². The highest BCUT2D eigenvalue weighted by Gasteiger charge is 2.26. The molecular weight excluding hydrogens is 1680 g/mol. The Hall–Kier alpha value is -18.0. The highest BCUT2D eigenvalue weighted by atomic mass is 15.1. The second kappa shape index (κ2) is 38.2. The van der Waals surface area contributed by atoms with Gasteiger partial charge in [0, 0.05) is 33.8 Å². The Morgan fingerprint density at radius 3 is 0.691 bits per heavy atom. The number of aromatic nitrogens is 6. The maximum atomic E-state index is 5.21. The average molecular weight is 1780 g/mol. The molecule has 0 atom stereocenters. The highest BCUT2D eigenvalue weighted by Crippen LogP contribution is 2.50. The SMILES string of the molecule is C.C.C.Cc1ccc2c(-c3ccccc3)c3ccccc3c(-c3ccc(-n4c(-c5ccccc5)nc5ccccc54)cc3)c2c1.c1ccc(-c2ccc(-c3c4ccccc4c(-c4ccccc4)c4cc(-c5nc6ccccc6n5-c5ccccc5)ccc34)cc2)cc1.c1ccc(-c2ccc3c(-c4ccccc4)c4ccccc4c(-c4ccc(-n5c(-c6ccccc6)nc6ccccc65)cc4)c3c2)cc1. The number of para-hydroxylation sites is 7. The highest BCUT2D eigenvalue weighted by molar-refractivity contribution is 6.25. The minimum Gasteiger partial charge on any atom is -0.292 e. The van der Waals surface area contributed by atoms with Gasteiger partial charge in [0.1, 0.15) is 17.5 Å². The first-order valence-corrected chi connectivity index (χ1v) is 46.5. The van der Waals surface area contributed by atoms with Crippen LogP contribution >= 0.6 is 0 Å². The number of rotatable bonds is 14. The molecule has 0 saturated carbocycles. The van der Waals surface area contributed by atoms with Gasteiger partial charge in [0.2, 0.25) is 0 Å². The lowest BCUT2D eigenvalue weighted by Crippen LogP contribution is -1.98. The van der Waals surface area contributed by atoms with Crippen LogP contribution in [0.1, 0.15) is 27.8 Å². The molecule has 26 rings (SSSR count). The third-order valence-corrected chi connectivity index (χ3v) is 26.6. The van der Waals surface area contributed by atoms with Crippen LogP contribution in [0.2, 0.25) is 0 Å². The molecule has 0 aliphatic carbocycles. The molecule has 0 amide bonds. The van der Waals surface area contributed by atoms with Gasteiger partial charge < -0.3 is 0 Å². The summed E-state index contributed by atoms with van der Waals surface area (Å²) >= 11 is 0. The van der Waals surface area contributed by atoms with E-state index in [4.69, 9.17) is 15.0 Å². The van der Waals surface area contributed by atoms with Gasteiger partial charge in [-0.15, -0.1) is 0 Å². The zero-order chi connectivity index (χ0) is 90.4. The smallest absolute Gasteiger partial charge is 0.145 e. The number of nitrogens with zero attached hydrogens (tertiary/aromatic N) is 6. The number of hydrogen-bond acceptors (Lipinski definition) is 3. The van der Waals surface area contributed by atoms with E-state index >= 15 is 0 Å². The molecule has 3 heterocycles. The van der Waals surface area contributed by atoms with E-state index in [9.17, 15) is 0 Å². The minimum atomic E-state index is 0. The maximum Gasteiger partial charge on any atom is 0.145 e. The van der Waals surface area contributed by atoms with Gasteiger partial charge >= 0.3 is 0 Å². The molecule has 0 aliphatic rings. The van der Waals surface area contributed by atoms with Crippen LogP contribution in [0.15, 0.2) is 516 Å². The third kappa shape index (κ3) is 16.2. The molecule has 662 valence electrons. The van der Waals surface area contributed by atoms with E-state index < -0.39 is 0 Å². The first kappa shape index (κ1) is 87.7. The van der Waals surface area contributed by atoms with Crippen molar-refractivity contribution >= 4 is 97.7 Å². The molecule has 6 nitrogen and oxygen atoms in total. The summed E-state index contributed by atoms with van der Waals surface area (Å²) in [7, 11) is 0. The van der Waals surface area contributed by atoms with Crippen molar-refractivity contribution in [2.45, 2.75) is 29.2 Å². The van der Waals surface area contributed by atoms with Crippen LogP contribution in [0.3, 0.4) is 0 Å². The van der Waals surface area contributed by atoms with Crippen LogP contribution in [0, 0.1) is 6.92 Å². The topological polar surface area (TPSA) is 53.5 Å². The number of hydrogen-bond donors (Lipinski definition) is 0. The van der Waals surface area contributed by atoms with Crippen molar-refractivity contribution in [2.75, 3.05) is 0 Å². The Morgan fingerprint density at radius 2 is 0.345 bits per heavy atom. The third-order valence-electron chi connectivity index (χ3n) is 26.6. The zero-order valence-electron chi connectivity index (χ0n) is 74.8. The summed E-state index contributed by atoms with van der Waals surface area (Å²) in [6.45, 7) is 2.18. The summed E-state index contributed by atoms with van der Waals surface area (Å²) in [6, 6.07) is 184. The fourth-order valence-electron chi connectivity index (χ4n) is 20.5. The average Bonchev–Trinajstić information content (AvgIpc) is 1.73. The predicted octanol–water partition coefficient (Wildman–Crippen LogP) is 36.5. The Kier molecular flexibility index (Phi) is 24.1. The first-order chi connectivity index (χ1) is 67.4. The molecule has 6 heteroatoms. The zero-order valence-corrected chi connectivity index (χ0v) is 74.8. The van der Waals surface area contributed by atoms with Crippen LogP contribution in [-0.4, -0.2) is 28.7 Å². The lowest BCUT2D eigenvalue weighted by atomic mass is 9.85. The van der Waals surface area contributed by atoms with E-state index in [0.717, 1.165) is 84.3 Å². The van der Waals surface area contributed by atoms with Crippen molar-refractivity contribution in [3.63, 3.8) is 0 Å². The molecule has 0 unspecified atom stereocenters. The van der Waals surface area contributed by atoms with Crippen LogP contribution in [0.4, 0.5) is 0 Å². The number of fused-ring (bicyclic) bond motifs is 9. The van der Waals surface area contributed by atoms with Gasteiger partial charge in [0.05, 0.1) is 33.1 Å². The van der Waals surface area contributed by atoms with Crippen molar-refractivity contribution in [1.29, 1.82) is 0 Å². The summed E-state index contributed by atoms with van der Waals surface area (Å²) in [4.78, 5) is 15.3. The second-order valence-corrected chi connectivity index (χ2v) is 34.8. The van der Waals surface area contributed by atoms with Crippen LogP contribution in [0.5, 0.6) is 0 Å². The summed E-state index contributed by atoms with van der Waals surface area (Å²) in [5.41, 5.74) is 33.7. The molecule has 0 radical (unpaired) electrons. The standard InChI is InChI=1S/2C45H30N2.C40H28N2.3CH4/c1-4-14-31(15-5-1)35-26-29-39-40(30-35)44(38-21-11-10-20-37(38)43(39)32-16-6-2-7-17-32)33-24-27-36(28-25-33)47-42-23-13-12-22-41(42)46-45(47)34-18-8-3-9-19-34;1-4-14-31(15-5-1)32-24-26-34(27-25-32)43-37-20-10-11-21-38(37)44(33-16-6-2-7-17-33)40-30-35(28-29-39(40)43)45-46-41-22-12-13-23-42(41)47(45)36-18-8-3-9-19-36;1-27-20-25-34-35(26-27)39(33-17-9-8-16-32(33)38(34)28-12-4-2-5-13-28)29-21-23-31(24-22-29)42-37-19-11-10-18-36(37)41-40(42)30-14-6-3-7-15-30;;;/h2*1-30H;2-26H,1H3;3*1H4. The van der Waals surface area contributed by atoms with Gasteiger partial charge in [-0.25, -0.2) is 15.0 Å².